The van der Waals surface area contributed by atoms with Gasteiger partial charge in [-0.1, -0.05) is 6.07 Å². The molecule has 0 aliphatic rings. The zero-order valence-electron chi connectivity index (χ0n) is 15.5. The lowest BCUT2D eigenvalue weighted by molar-refractivity contribution is 1.10. The molecule has 6 aromatic heterocycles. The average Bonchev–Trinajstić information content (AvgIpc) is 3.51. The zero-order valence-corrected chi connectivity index (χ0v) is 16.3. The van der Waals surface area contributed by atoms with E-state index in [1.54, 1.807) is 29.9 Å². The van der Waals surface area contributed by atoms with E-state index in [0.29, 0.717) is 28.4 Å². The summed E-state index contributed by atoms with van der Waals surface area (Å²) in [6, 6.07) is 11.8. The van der Waals surface area contributed by atoms with Crippen LogP contribution in [0.3, 0.4) is 0 Å². The number of pyridine rings is 3. The van der Waals surface area contributed by atoms with Gasteiger partial charge in [-0.15, -0.1) is 11.3 Å². The number of imidazole rings is 1. The highest BCUT2D eigenvalue weighted by Gasteiger charge is 2.17. The van der Waals surface area contributed by atoms with E-state index in [1.165, 1.54) is 0 Å². The Hall–Kier alpha value is -4.11. The van der Waals surface area contributed by atoms with Crippen molar-refractivity contribution in [3.05, 3.63) is 60.4 Å². The van der Waals surface area contributed by atoms with E-state index in [0.717, 1.165) is 32.7 Å². The third kappa shape index (κ3) is 2.64. The lowest BCUT2D eigenvalue weighted by atomic mass is 10.1. The lowest BCUT2D eigenvalue weighted by Crippen LogP contribution is -1.90. The molecule has 0 aliphatic heterocycles. The summed E-state index contributed by atoms with van der Waals surface area (Å²) in [6.07, 6.45) is 5.12. The van der Waals surface area contributed by atoms with Gasteiger partial charge in [0.2, 0.25) is 0 Å². The highest BCUT2D eigenvalue weighted by atomic mass is 32.1. The second kappa shape index (κ2) is 6.46. The summed E-state index contributed by atoms with van der Waals surface area (Å²) in [5, 5.41) is 9.54. The molecule has 0 unspecified atom stereocenters. The molecule has 30 heavy (non-hydrogen) atoms. The van der Waals surface area contributed by atoms with E-state index in [4.69, 9.17) is 10.7 Å². The second-order valence-corrected chi connectivity index (χ2v) is 7.74. The van der Waals surface area contributed by atoms with E-state index in [-0.39, 0.29) is 0 Å². The minimum atomic E-state index is 0.589. The van der Waals surface area contributed by atoms with Gasteiger partial charge in [-0.3, -0.25) is 10.1 Å². The summed E-state index contributed by atoms with van der Waals surface area (Å²) < 4.78 is 0. The van der Waals surface area contributed by atoms with Crippen LogP contribution in [0.1, 0.15) is 0 Å². The third-order valence-corrected chi connectivity index (χ3v) is 5.77. The van der Waals surface area contributed by atoms with Gasteiger partial charge in [-0.25, -0.2) is 15.0 Å². The van der Waals surface area contributed by atoms with Crippen LogP contribution in [0.5, 0.6) is 0 Å². The summed E-state index contributed by atoms with van der Waals surface area (Å²) in [4.78, 5) is 22.6. The fraction of sp³-hybridized carbons (Fsp3) is 0. The van der Waals surface area contributed by atoms with Gasteiger partial charge >= 0.3 is 0 Å². The fourth-order valence-electron chi connectivity index (χ4n) is 3.48. The first-order valence-electron chi connectivity index (χ1n) is 9.21. The highest BCUT2D eigenvalue weighted by Crippen LogP contribution is 2.32. The Bertz CT molecular complexity index is 1510. The Kier molecular flexibility index (Phi) is 3.62. The Balaban J connectivity index is 1.52. The van der Waals surface area contributed by atoms with Gasteiger partial charge in [-0.2, -0.15) is 5.10 Å². The summed E-state index contributed by atoms with van der Waals surface area (Å²) in [6.45, 7) is 0. The number of aromatic amines is 2. The van der Waals surface area contributed by atoms with Gasteiger partial charge in [-0.05, 0) is 35.7 Å². The minimum Gasteiger partial charge on any atom is -0.397 e. The van der Waals surface area contributed by atoms with Crippen LogP contribution in [0.4, 0.5) is 5.69 Å². The van der Waals surface area contributed by atoms with Crippen molar-refractivity contribution in [1.82, 2.24) is 35.1 Å². The van der Waals surface area contributed by atoms with Crippen LogP contribution in [0, 0.1) is 0 Å². The quantitative estimate of drug-likeness (QED) is 0.400. The topological polar surface area (TPSA) is 122 Å². The fourth-order valence-corrected chi connectivity index (χ4v) is 4.24. The molecule has 9 heteroatoms. The molecule has 8 nitrogen and oxygen atoms in total. The van der Waals surface area contributed by atoms with Crippen LogP contribution < -0.4 is 5.73 Å². The number of hydrogen-bond acceptors (Lipinski definition) is 7. The number of nitrogens with two attached hydrogens (primary N) is 1. The SMILES string of the molecule is Nc1cncc(-c2ccc3[nH]nc(-c4nc5nccc(-c6cccs6)c5[nH]4)c3n2)c1. The van der Waals surface area contributed by atoms with Crippen molar-refractivity contribution in [2.45, 2.75) is 0 Å². The molecular weight excluding hydrogens is 396 g/mol. The molecule has 0 aromatic carbocycles. The Morgan fingerprint density at radius 2 is 2.00 bits per heavy atom. The van der Waals surface area contributed by atoms with Crippen molar-refractivity contribution in [2.75, 3.05) is 5.73 Å². The molecule has 4 N–H and O–H groups in total. The van der Waals surface area contributed by atoms with E-state index < -0.39 is 0 Å². The van der Waals surface area contributed by atoms with Gasteiger partial charge < -0.3 is 10.7 Å². The smallest absolute Gasteiger partial charge is 0.178 e. The molecule has 6 heterocycles. The number of thiophene rings is 1. The summed E-state index contributed by atoms with van der Waals surface area (Å²) in [5.41, 5.74) is 12.8. The number of anilines is 1. The maximum absolute atomic E-state index is 5.88. The number of hydrogen-bond donors (Lipinski definition) is 3. The van der Waals surface area contributed by atoms with Crippen LogP contribution in [-0.2, 0) is 0 Å². The van der Waals surface area contributed by atoms with Gasteiger partial charge in [0.05, 0.1) is 22.4 Å². The number of rotatable bonds is 3. The molecule has 0 saturated carbocycles. The van der Waals surface area contributed by atoms with E-state index >= 15 is 0 Å². The van der Waals surface area contributed by atoms with Crippen LogP contribution in [0.25, 0.3) is 55.4 Å². The minimum absolute atomic E-state index is 0.589. The van der Waals surface area contributed by atoms with Crippen molar-refractivity contribution in [3.63, 3.8) is 0 Å². The largest absolute Gasteiger partial charge is 0.397 e. The molecule has 6 rings (SSSR count). The van der Waals surface area contributed by atoms with Gasteiger partial charge in [0, 0.05) is 34.6 Å². The van der Waals surface area contributed by atoms with Crippen LogP contribution in [0.2, 0.25) is 0 Å². The van der Waals surface area contributed by atoms with Gasteiger partial charge in [0.1, 0.15) is 5.52 Å². The van der Waals surface area contributed by atoms with Gasteiger partial charge in [0.15, 0.2) is 17.2 Å². The van der Waals surface area contributed by atoms with E-state index in [1.807, 2.05) is 30.3 Å². The number of aromatic nitrogens is 7. The van der Waals surface area contributed by atoms with E-state index in [2.05, 4.69) is 41.6 Å². The predicted octanol–water partition coefficient (Wildman–Crippen LogP) is 4.27. The van der Waals surface area contributed by atoms with Crippen molar-refractivity contribution in [1.29, 1.82) is 0 Å². The van der Waals surface area contributed by atoms with Crippen LogP contribution >= 0.6 is 11.3 Å². The Morgan fingerprint density at radius 1 is 1.03 bits per heavy atom. The molecule has 0 amide bonds. The van der Waals surface area contributed by atoms with Crippen LogP contribution in [0.15, 0.2) is 60.4 Å². The van der Waals surface area contributed by atoms with Crippen molar-refractivity contribution < 1.29 is 0 Å². The molecule has 0 saturated heterocycles. The molecule has 6 aromatic rings. The molecule has 0 radical (unpaired) electrons. The maximum atomic E-state index is 5.88. The zero-order chi connectivity index (χ0) is 20.1. The summed E-state index contributed by atoms with van der Waals surface area (Å²) in [5.74, 6) is 0.614. The molecule has 0 spiro atoms. The third-order valence-electron chi connectivity index (χ3n) is 4.87. The summed E-state index contributed by atoms with van der Waals surface area (Å²) in [7, 11) is 0. The molecule has 144 valence electrons. The van der Waals surface area contributed by atoms with E-state index in [9.17, 15) is 0 Å². The number of H-pyrrole nitrogens is 2. The lowest BCUT2D eigenvalue weighted by Gasteiger charge is -2.02. The molecule has 0 aliphatic carbocycles. The first-order valence-corrected chi connectivity index (χ1v) is 10.1. The Morgan fingerprint density at radius 3 is 2.87 bits per heavy atom. The van der Waals surface area contributed by atoms with Crippen molar-refractivity contribution in [2.24, 2.45) is 0 Å². The standard InChI is InChI=1S/C21H14N8S/c22-12-8-11(9-23-10-12)14-3-4-15-18(25-14)19(29-28-15)21-26-17-13(16-2-1-7-30-16)5-6-24-20(17)27-21/h1-10H,22H2,(H,28,29)(H,24,26,27). The number of fused-ring (bicyclic) bond motifs is 2. The molecule has 0 fully saturated rings. The monoisotopic (exact) mass is 410 g/mol. The predicted molar refractivity (Wildman–Crippen MR) is 118 cm³/mol. The highest BCUT2D eigenvalue weighted by molar-refractivity contribution is 7.13. The number of nitrogen functional groups attached to an aromatic ring is 1. The number of nitrogens with one attached hydrogen (secondary N) is 2. The molecular formula is C21H14N8S. The Labute approximate surface area is 173 Å². The van der Waals surface area contributed by atoms with Crippen LogP contribution in [-0.4, -0.2) is 35.1 Å². The molecule has 0 bridgehead atoms. The van der Waals surface area contributed by atoms with Crippen molar-refractivity contribution >= 4 is 39.2 Å². The number of nitrogens with zero attached hydrogens (tertiary/aromatic N) is 5. The second-order valence-electron chi connectivity index (χ2n) is 6.79. The summed E-state index contributed by atoms with van der Waals surface area (Å²) >= 11 is 1.68. The van der Waals surface area contributed by atoms with Crippen molar-refractivity contribution in [3.8, 4) is 33.2 Å². The normalized spacial score (nSPS) is 11.5. The maximum Gasteiger partial charge on any atom is 0.178 e. The molecule has 0 atom stereocenters. The van der Waals surface area contributed by atoms with Gasteiger partial charge in [0.25, 0.3) is 0 Å². The first kappa shape index (κ1) is 16.8. The average molecular weight is 410 g/mol. The first-order chi connectivity index (χ1) is 14.8.